The van der Waals surface area contributed by atoms with Crippen LogP contribution >= 0.6 is 0 Å². The van der Waals surface area contributed by atoms with Crippen molar-refractivity contribution < 1.29 is 24.9 Å². The lowest BCUT2D eigenvalue weighted by molar-refractivity contribution is -0.246. The van der Waals surface area contributed by atoms with Crippen LogP contribution in [0.15, 0.2) is 29.4 Å². The molecule has 0 aliphatic heterocycles. The van der Waals surface area contributed by atoms with Gasteiger partial charge in [-0.3, -0.25) is 5.26 Å². The van der Waals surface area contributed by atoms with Gasteiger partial charge in [-0.25, -0.2) is 9.68 Å². The monoisotopic (exact) mass is 240 g/mol. The minimum atomic E-state index is -0.649. The lowest BCUT2D eigenvalue weighted by atomic mass is 10.1. The Bertz CT molecular complexity index is 419. The summed E-state index contributed by atoms with van der Waals surface area (Å²) in [5.74, 6) is -0.833. The summed E-state index contributed by atoms with van der Waals surface area (Å²) >= 11 is 0. The Labute approximate surface area is 97.0 Å². The van der Waals surface area contributed by atoms with Crippen molar-refractivity contribution in [3.05, 3.63) is 35.4 Å². The second kappa shape index (κ2) is 6.46. The molecule has 1 aromatic rings. The van der Waals surface area contributed by atoms with Gasteiger partial charge in [-0.1, -0.05) is 23.4 Å². The molecule has 7 nitrogen and oxygen atoms in total. The van der Waals surface area contributed by atoms with E-state index in [1.165, 1.54) is 12.1 Å². The molecular formula is C10H12N2O5. The predicted octanol–water partition coefficient (Wildman–Crippen LogP) is 0.427. The molecule has 0 fully saturated rings. The van der Waals surface area contributed by atoms with Crippen molar-refractivity contribution >= 4 is 11.8 Å². The van der Waals surface area contributed by atoms with Crippen LogP contribution in [0.25, 0.3) is 0 Å². The zero-order valence-corrected chi connectivity index (χ0v) is 8.87. The van der Waals surface area contributed by atoms with Gasteiger partial charge in [0.05, 0.1) is 5.56 Å². The molecule has 7 heteroatoms. The van der Waals surface area contributed by atoms with Crippen LogP contribution in [-0.4, -0.2) is 35.5 Å². The highest BCUT2D eigenvalue weighted by Crippen LogP contribution is 2.10. The largest absolute Gasteiger partial charge is 0.459 e. The van der Waals surface area contributed by atoms with E-state index in [2.05, 4.69) is 10.0 Å². The van der Waals surface area contributed by atoms with Crippen LogP contribution in [0.4, 0.5) is 0 Å². The molecule has 0 unspecified atom stereocenters. The van der Waals surface area contributed by atoms with Gasteiger partial charge in [0.2, 0.25) is 0 Å². The molecule has 1 rings (SSSR count). The number of nitrogens with zero attached hydrogens (tertiary/aromatic N) is 1. The first kappa shape index (κ1) is 12.9. The van der Waals surface area contributed by atoms with E-state index >= 15 is 0 Å². The Morgan fingerprint density at radius 2 is 1.94 bits per heavy atom. The number of benzene rings is 1. The molecule has 1 aromatic carbocycles. The van der Waals surface area contributed by atoms with Crippen LogP contribution in [-0.2, 0) is 9.62 Å². The van der Waals surface area contributed by atoms with E-state index in [4.69, 9.17) is 20.9 Å². The lowest BCUT2D eigenvalue weighted by Gasteiger charge is -2.07. The quantitative estimate of drug-likeness (QED) is 0.131. The van der Waals surface area contributed by atoms with Crippen LogP contribution in [0, 0.1) is 0 Å². The van der Waals surface area contributed by atoms with Gasteiger partial charge in [-0.15, -0.1) is 0 Å². The maximum absolute atomic E-state index is 11.6. The maximum atomic E-state index is 11.6. The number of oxime groups is 1. The van der Waals surface area contributed by atoms with Gasteiger partial charge >= 0.3 is 5.97 Å². The number of ether oxygens (including phenoxy) is 1. The van der Waals surface area contributed by atoms with Crippen LogP contribution in [0.2, 0.25) is 0 Å². The topological polar surface area (TPSA) is 114 Å². The predicted molar refractivity (Wildman–Crippen MR) is 57.8 cm³/mol. The first-order valence-corrected chi connectivity index (χ1v) is 4.71. The molecule has 0 spiro atoms. The number of hydrogen-bond donors (Lipinski definition) is 3. The third-order valence-corrected chi connectivity index (χ3v) is 1.94. The van der Waals surface area contributed by atoms with Gasteiger partial charge in [0.25, 0.3) is 0 Å². The van der Waals surface area contributed by atoms with E-state index in [0.29, 0.717) is 0 Å². The van der Waals surface area contributed by atoms with E-state index in [1.54, 1.807) is 12.1 Å². The van der Waals surface area contributed by atoms with Crippen LogP contribution in [0.3, 0.4) is 0 Å². The van der Waals surface area contributed by atoms with Crippen molar-refractivity contribution in [2.24, 2.45) is 10.9 Å². The van der Waals surface area contributed by atoms with Crippen molar-refractivity contribution in [3.63, 3.8) is 0 Å². The highest BCUT2D eigenvalue weighted by Gasteiger charge is 2.14. The number of hydrogen-bond acceptors (Lipinski definition) is 6. The van der Waals surface area contributed by atoms with E-state index in [1.807, 2.05) is 0 Å². The van der Waals surface area contributed by atoms with Crippen LogP contribution < -0.4 is 5.73 Å². The summed E-state index contributed by atoms with van der Waals surface area (Å²) in [5.41, 5.74) is 5.85. The van der Waals surface area contributed by atoms with Gasteiger partial charge in [0.1, 0.15) is 13.2 Å². The minimum Gasteiger partial charge on any atom is -0.459 e. The SMILES string of the molecule is NC(=NO)c1ccccc1C(=O)OCCOO. The molecule has 0 bridgehead atoms. The molecule has 0 saturated heterocycles. The summed E-state index contributed by atoms with van der Waals surface area (Å²) in [7, 11) is 0. The fourth-order valence-corrected chi connectivity index (χ4v) is 1.19. The van der Waals surface area contributed by atoms with Crippen LogP contribution in [0.5, 0.6) is 0 Å². The number of nitrogens with two attached hydrogens (primary N) is 1. The molecule has 0 saturated carbocycles. The van der Waals surface area contributed by atoms with Gasteiger partial charge in [0, 0.05) is 5.56 Å². The number of rotatable bonds is 5. The fraction of sp³-hybridized carbons (Fsp3) is 0.200. The Kier molecular flexibility index (Phi) is 4.92. The molecule has 0 aromatic heterocycles. The molecule has 4 N–H and O–H groups in total. The summed E-state index contributed by atoms with van der Waals surface area (Å²) in [6.07, 6.45) is 0. The number of esters is 1. The molecular weight excluding hydrogens is 228 g/mol. The van der Waals surface area contributed by atoms with E-state index in [-0.39, 0.29) is 30.2 Å². The van der Waals surface area contributed by atoms with Crippen molar-refractivity contribution in [2.45, 2.75) is 0 Å². The maximum Gasteiger partial charge on any atom is 0.338 e. The minimum absolute atomic E-state index is 0.0974. The van der Waals surface area contributed by atoms with Crippen molar-refractivity contribution in [1.82, 2.24) is 0 Å². The highest BCUT2D eigenvalue weighted by molar-refractivity contribution is 6.06. The normalized spacial score (nSPS) is 11.2. The first-order chi connectivity index (χ1) is 8.20. The summed E-state index contributed by atoms with van der Waals surface area (Å²) < 4.78 is 4.79. The molecule has 0 amide bonds. The van der Waals surface area contributed by atoms with Crippen molar-refractivity contribution in [3.8, 4) is 0 Å². The third kappa shape index (κ3) is 3.44. The Balaban J connectivity index is 2.86. The van der Waals surface area contributed by atoms with E-state index < -0.39 is 5.97 Å². The Morgan fingerprint density at radius 3 is 2.53 bits per heavy atom. The molecule has 0 heterocycles. The Hall–Kier alpha value is -2.12. The summed E-state index contributed by atoms with van der Waals surface area (Å²) in [5, 5.41) is 19.5. The number of amidine groups is 1. The molecule has 17 heavy (non-hydrogen) atoms. The zero-order valence-electron chi connectivity index (χ0n) is 8.87. The second-order valence-corrected chi connectivity index (χ2v) is 3.00. The summed E-state index contributed by atoms with van der Waals surface area (Å²) in [4.78, 5) is 15.4. The fourth-order valence-electron chi connectivity index (χ4n) is 1.19. The van der Waals surface area contributed by atoms with Gasteiger partial charge < -0.3 is 15.7 Å². The number of carbonyl (C=O) groups is 1. The van der Waals surface area contributed by atoms with Crippen molar-refractivity contribution in [1.29, 1.82) is 0 Å². The molecule has 0 aliphatic rings. The first-order valence-electron chi connectivity index (χ1n) is 4.71. The summed E-state index contributed by atoms with van der Waals surface area (Å²) in [6.45, 7) is -0.225. The highest BCUT2D eigenvalue weighted by atomic mass is 17.1. The average Bonchev–Trinajstić information content (AvgIpc) is 2.38. The molecule has 0 atom stereocenters. The standard InChI is InChI=1S/C10H12N2O5/c11-9(12-14)7-3-1-2-4-8(7)10(13)16-5-6-17-15/h1-4,14-15H,5-6H2,(H2,11,12). The lowest BCUT2D eigenvalue weighted by Crippen LogP contribution is -2.19. The van der Waals surface area contributed by atoms with E-state index in [9.17, 15) is 4.79 Å². The summed E-state index contributed by atoms with van der Waals surface area (Å²) in [6, 6.07) is 6.26. The zero-order chi connectivity index (χ0) is 12.7. The van der Waals surface area contributed by atoms with Gasteiger partial charge in [-0.2, -0.15) is 0 Å². The average molecular weight is 240 g/mol. The third-order valence-electron chi connectivity index (χ3n) is 1.94. The smallest absolute Gasteiger partial charge is 0.338 e. The van der Waals surface area contributed by atoms with Gasteiger partial charge in [0.15, 0.2) is 5.84 Å². The Morgan fingerprint density at radius 1 is 1.29 bits per heavy atom. The second-order valence-electron chi connectivity index (χ2n) is 3.00. The van der Waals surface area contributed by atoms with Gasteiger partial charge in [-0.05, 0) is 6.07 Å². The van der Waals surface area contributed by atoms with E-state index in [0.717, 1.165) is 0 Å². The van der Waals surface area contributed by atoms with Crippen LogP contribution in [0.1, 0.15) is 15.9 Å². The molecule has 0 radical (unpaired) electrons. The molecule has 0 aliphatic carbocycles. The van der Waals surface area contributed by atoms with Crippen molar-refractivity contribution in [2.75, 3.05) is 13.2 Å². The molecule has 92 valence electrons. The number of carbonyl (C=O) groups excluding carboxylic acids is 1.